The smallest absolute Gasteiger partial charge is 0.189 e. The minimum absolute atomic E-state index is 0.0568. The summed E-state index contributed by atoms with van der Waals surface area (Å²) in [5, 5.41) is 28.6. The molecule has 0 heterocycles. The molecule has 2 aromatic carbocycles. The molecule has 0 saturated heterocycles. The highest BCUT2D eigenvalue weighted by Gasteiger charge is 2.12. The fourth-order valence-electron chi connectivity index (χ4n) is 1.63. The van der Waals surface area contributed by atoms with Crippen molar-refractivity contribution in [1.82, 2.24) is 0 Å². The van der Waals surface area contributed by atoms with Crippen molar-refractivity contribution in [1.29, 1.82) is 0 Å². The molecule has 20 heavy (non-hydrogen) atoms. The average molecular weight is 335 g/mol. The first kappa shape index (κ1) is 14.1. The minimum Gasteiger partial charge on any atom is -0.507 e. The minimum atomic E-state index is -0.438. The van der Waals surface area contributed by atoms with E-state index in [2.05, 4.69) is 15.9 Å². The number of phenolic OH excluding ortho intramolecular Hbond substituents is 3. The summed E-state index contributed by atoms with van der Waals surface area (Å²) in [6, 6.07) is 9.01. The van der Waals surface area contributed by atoms with E-state index in [4.69, 9.17) is 0 Å². The summed E-state index contributed by atoms with van der Waals surface area (Å²) in [6.45, 7) is 0. The molecule has 2 rings (SSSR count). The predicted molar refractivity (Wildman–Crippen MR) is 78.9 cm³/mol. The second-order valence-electron chi connectivity index (χ2n) is 4.08. The average Bonchev–Trinajstić information content (AvgIpc) is 2.41. The summed E-state index contributed by atoms with van der Waals surface area (Å²) in [5.74, 6) is -0.833. The molecular weight excluding hydrogens is 324 g/mol. The van der Waals surface area contributed by atoms with Crippen LogP contribution in [0.5, 0.6) is 17.2 Å². The van der Waals surface area contributed by atoms with Crippen LogP contribution in [0.25, 0.3) is 6.08 Å². The Kier molecular flexibility index (Phi) is 4.10. The standard InChI is InChI=1S/C15H11BrO4/c16-11-7-10(14(19)8-15(11)20)13(18)6-5-9-3-1-2-4-12(9)17/h1-8,17,19-20H. The molecule has 0 aliphatic heterocycles. The number of benzene rings is 2. The largest absolute Gasteiger partial charge is 0.507 e. The zero-order valence-electron chi connectivity index (χ0n) is 10.2. The van der Waals surface area contributed by atoms with Crippen LogP contribution in [0, 0.1) is 0 Å². The molecule has 0 aliphatic rings. The van der Waals surface area contributed by atoms with Crippen LogP contribution in [-0.2, 0) is 0 Å². The molecule has 0 radical (unpaired) electrons. The highest BCUT2D eigenvalue weighted by Crippen LogP contribution is 2.31. The van der Waals surface area contributed by atoms with Crippen LogP contribution in [0.15, 0.2) is 46.9 Å². The number of phenols is 3. The van der Waals surface area contributed by atoms with Crippen molar-refractivity contribution in [2.45, 2.75) is 0 Å². The third kappa shape index (κ3) is 3.00. The maximum absolute atomic E-state index is 12.0. The second-order valence-corrected chi connectivity index (χ2v) is 4.93. The Morgan fingerprint density at radius 3 is 2.40 bits per heavy atom. The Bertz CT molecular complexity index is 692. The van der Waals surface area contributed by atoms with Gasteiger partial charge in [0.05, 0.1) is 10.0 Å². The third-order valence-electron chi connectivity index (χ3n) is 2.68. The summed E-state index contributed by atoms with van der Waals surface area (Å²) >= 11 is 3.08. The van der Waals surface area contributed by atoms with Gasteiger partial charge in [0, 0.05) is 11.6 Å². The van der Waals surface area contributed by atoms with E-state index in [0.717, 1.165) is 6.07 Å². The van der Waals surface area contributed by atoms with Crippen LogP contribution in [0.2, 0.25) is 0 Å². The molecule has 4 nitrogen and oxygen atoms in total. The molecule has 0 spiro atoms. The van der Waals surface area contributed by atoms with Crippen molar-refractivity contribution in [2.75, 3.05) is 0 Å². The van der Waals surface area contributed by atoms with E-state index in [9.17, 15) is 20.1 Å². The fraction of sp³-hybridized carbons (Fsp3) is 0. The zero-order valence-corrected chi connectivity index (χ0v) is 11.8. The monoisotopic (exact) mass is 334 g/mol. The molecule has 0 aliphatic carbocycles. The van der Waals surface area contributed by atoms with Gasteiger partial charge in [0.15, 0.2) is 5.78 Å². The van der Waals surface area contributed by atoms with Gasteiger partial charge in [0.25, 0.3) is 0 Å². The first-order valence-electron chi connectivity index (χ1n) is 5.71. The molecule has 0 saturated carbocycles. The number of hydrogen-bond donors (Lipinski definition) is 3. The normalized spacial score (nSPS) is 10.8. The predicted octanol–water partition coefficient (Wildman–Crippen LogP) is 3.46. The lowest BCUT2D eigenvalue weighted by Gasteiger charge is -2.04. The van der Waals surface area contributed by atoms with Crippen molar-refractivity contribution < 1.29 is 20.1 Å². The van der Waals surface area contributed by atoms with E-state index in [1.54, 1.807) is 18.2 Å². The summed E-state index contributed by atoms with van der Waals surface area (Å²) in [5.41, 5.74) is 0.555. The van der Waals surface area contributed by atoms with Crippen molar-refractivity contribution in [3.63, 3.8) is 0 Å². The molecule has 5 heteroatoms. The lowest BCUT2D eigenvalue weighted by Crippen LogP contribution is -1.95. The number of hydrogen-bond acceptors (Lipinski definition) is 4. The Labute approximate surface area is 123 Å². The van der Waals surface area contributed by atoms with Crippen molar-refractivity contribution >= 4 is 27.8 Å². The molecule has 2 aromatic rings. The summed E-state index contributed by atoms with van der Waals surface area (Å²) in [6.07, 6.45) is 2.70. The molecule has 0 bridgehead atoms. The first-order chi connectivity index (χ1) is 9.49. The van der Waals surface area contributed by atoms with Gasteiger partial charge >= 0.3 is 0 Å². The van der Waals surface area contributed by atoms with Crippen molar-refractivity contribution in [2.24, 2.45) is 0 Å². The van der Waals surface area contributed by atoms with Crippen LogP contribution in [0.3, 0.4) is 0 Å². The molecular formula is C15H11BrO4. The quantitative estimate of drug-likeness (QED) is 0.593. The maximum atomic E-state index is 12.0. The number of allylic oxidation sites excluding steroid dienone is 1. The van der Waals surface area contributed by atoms with Gasteiger partial charge in [0.1, 0.15) is 17.2 Å². The Hall–Kier alpha value is -2.27. The van der Waals surface area contributed by atoms with Gasteiger partial charge in [0.2, 0.25) is 0 Å². The van der Waals surface area contributed by atoms with Crippen molar-refractivity contribution in [3.05, 3.63) is 58.1 Å². The topological polar surface area (TPSA) is 77.8 Å². The second kappa shape index (κ2) is 5.79. The molecule has 0 fully saturated rings. The number of carbonyl (C=O) groups is 1. The van der Waals surface area contributed by atoms with E-state index in [1.165, 1.54) is 24.3 Å². The highest BCUT2D eigenvalue weighted by molar-refractivity contribution is 9.10. The number of aromatic hydroxyl groups is 3. The molecule has 0 atom stereocenters. The van der Waals surface area contributed by atoms with Crippen LogP contribution in [0.1, 0.15) is 15.9 Å². The molecule has 0 unspecified atom stereocenters. The zero-order chi connectivity index (χ0) is 14.7. The van der Waals surface area contributed by atoms with Crippen LogP contribution in [-0.4, -0.2) is 21.1 Å². The highest BCUT2D eigenvalue weighted by atomic mass is 79.9. The van der Waals surface area contributed by atoms with Gasteiger partial charge in [-0.3, -0.25) is 4.79 Å². The number of carbonyl (C=O) groups excluding carboxylic acids is 1. The van der Waals surface area contributed by atoms with E-state index >= 15 is 0 Å². The lowest BCUT2D eigenvalue weighted by molar-refractivity contribution is 0.104. The molecule has 0 amide bonds. The fourth-order valence-corrected chi connectivity index (χ4v) is 1.98. The Balaban J connectivity index is 2.29. The van der Waals surface area contributed by atoms with E-state index < -0.39 is 5.78 Å². The number of ketones is 1. The van der Waals surface area contributed by atoms with E-state index in [-0.39, 0.29) is 22.8 Å². The lowest BCUT2D eigenvalue weighted by atomic mass is 10.1. The molecule has 3 N–H and O–H groups in total. The van der Waals surface area contributed by atoms with Crippen LogP contribution < -0.4 is 0 Å². The van der Waals surface area contributed by atoms with Gasteiger partial charge in [-0.15, -0.1) is 0 Å². The van der Waals surface area contributed by atoms with Gasteiger partial charge in [-0.1, -0.05) is 18.2 Å². The first-order valence-corrected chi connectivity index (χ1v) is 6.50. The van der Waals surface area contributed by atoms with Gasteiger partial charge in [-0.2, -0.15) is 0 Å². The molecule has 102 valence electrons. The van der Waals surface area contributed by atoms with Crippen LogP contribution in [0.4, 0.5) is 0 Å². The third-order valence-corrected chi connectivity index (χ3v) is 3.32. The van der Waals surface area contributed by atoms with Gasteiger partial charge < -0.3 is 15.3 Å². The van der Waals surface area contributed by atoms with Crippen molar-refractivity contribution in [3.8, 4) is 17.2 Å². The van der Waals surface area contributed by atoms with Gasteiger partial charge in [-0.05, 0) is 40.2 Å². The maximum Gasteiger partial charge on any atom is 0.189 e. The SMILES string of the molecule is O=C(C=Cc1ccccc1O)c1cc(Br)c(O)cc1O. The van der Waals surface area contributed by atoms with E-state index in [1.807, 2.05) is 0 Å². The Morgan fingerprint density at radius 2 is 1.70 bits per heavy atom. The summed E-state index contributed by atoms with van der Waals surface area (Å²) in [4.78, 5) is 12.0. The number of halogens is 1. The Morgan fingerprint density at radius 1 is 1.00 bits per heavy atom. The summed E-state index contributed by atoms with van der Waals surface area (Å²) < 4.78 is 0.314. The molecule has 0 aromatic heterocycles. The van der Waals surface area contributed by atoms with Gasteiger partial charge in [-0.25, -0.2) is 0 Å². The number of rotatable bonds is 3. The summed E-state index contributed by atoms with van der Waals surface area (Å²) in [7, 11) is 0. The number of para-hydroxylation sites is 1. The van der Waals surface area contributed by atoms with E-state index in [0.29, 0.717) is 10.0 Å². The van der Waals surface area contributed by atoms with Crippen LogP contribution >= 0.6 is 15.9 Å².